The maximum atomic E-state index is 5.56. The molecule has 4 heteroatoms. The summed E-state index contributed by atoms with van der Waals surface area (Å²) in [4.78, 5) is 4.29. The molecule has 0 unspecified atom stereocenters. The Kier molecular flexibility index (Phi) is 3.31. The van der Waals surface area contributed by atoms with Crippen LogP contribution < -0.4 is 5.73 Å². The van der Waals surface area contributed by atoms with Gasteiger partial charge in [0.1, 0.15) is 5.69 Å². The quantitative estimate of drug-likeness (QED) is 0.842. The number of hydrogen-bond donors (Lipinski definition) is 1. The molecule has 2 aromatic rings. The van der Waals surface area contributed by atoms with E-state index in [4.69, 9.17) is 5.73 Å². The highest BCUT2D eigenvalue weighted by atomic mass is 15.3. The summed E-state index contributed by atoms with van der Waals surface area (Å²) in [6.07, 6.45) is 2.74. The van der Waals surface area contributed by atoms with Crippen molar-refractivity contribution in [2.75, 3.05) is 6.54 Å². The van der Waals surface area contributed by atoms with Crippen molar-refractivity contribution in [3.63, 3.8) is 0 Å². The summed E-state index contributed by atoms with van der Waals surface area (Å²) in [5.74, 6) is 0. The summed E-state index contributed by atoms with van der Waals surface area (Å²) in [5, 5.41) is 4.52. The van der Waals surface area contributed by atoms with Gasteiger partial charge in [-0.15, -0.1) is 0 Å². The molecule has 0 amide bonds. The van der Waals surface area contributed by atoms with Crippen molar-refractivity contribution in [3.8, 4) is 11.4 Å². The molecular weight excluding hydrogens is 200 g/mol. The van der Waals surface area contributed by atoms with Gasteiger partial charge in [-0.05, 0) is 24.6 Å². The van der Waals surface area contributed by atoms with E-state index in [0.717, 1.165) is 24.4 Å². The number of nitrogens with two attached hydrogens (primary N) is 1. The number of aromatic nitrogens is 3. The second kappa shape index (κ2) is 4.90. The van der Waals surface area contributed by atoms with Crippen molar-refractivity contribution in [2.24, 2.45) is 5.73 Å². The minimum Gasteiger partial charge on any atom is -0.329 e. The molecule has 0 aliphatic heterocycles. The molecule has 84 valence electrons. The second-order valence-corrected chi connectivity index (χ2v) is 3.60. The molecule has 0 spiro atoms. The van der Waals surface area contributed by atoms with E-state index in [-0.39, 0.29) is 0 Å². The molecule has 0 aromatic carbocycles. The molecule has 0 radical (unpaired) electrons. The molecular formula is C12H16N4. The summed E-state index contributed by atoms with van der Waals surface area (Å²) >= 11 is 0. The van der Waals surface area contributed by atoms with Crippen molar-refractivity contribution >= 4 is 0 Å². The molecule has 0 saturated heterocycles. The van der Waals surface area contributed by atoms with Gasteiger partial charge in [0.05, 0.1) is 12.2 Å². The fraction of sp³-hybridized carbons (Fsp3) is 0.333. The first-order valence-electron chi connectivity index (χ1n) is 5.53. The van der Waals surface area contributed by atoms with Gasteiger partial charge in [0, 0.05) is 18.4 Å². The van der Waals surface area contributed by atoms with Crippen LogP contribution in [-0.4, -0.2) is 21.3 Å². The van der Waals surface area contributed by atoms with Crippen molar-refractivity contribution in [2.45, 2.75) is 19.9 Å². The third kappa shape index (κ3) is 2.12. The minimum absolute atomic E-state index is 0.607. The molecule has 0 saturated carbocycles. The SMILES string of the molecule is CCc1cc(-c2ccccn2)nn1CCN. The van der Waals surface area contributed by atoms with Crippen molar-refractivity contribution < 1.29 is 0 Å². The number of hydrogen-bond acceptors (Lipinski definition) is 3. The van der Waals surface area contributed by atoms with Gasteiger partial charge in [0.25, 0.3) is 0 Å². The predicted molar refractivity (Wildman–Crippen MR) is 63.9 cm³/mol. The normalized spacial score (nSPS) is 10.6. The first kappa shape index (κ1) is 10.8. The number of rotatable bonds is 4. The Bertz CT molecular complexity index is 447. The van der Waals surface area contributed by atoms with Crippen LogP contribution in [0.3, 0.4) is 0 Å². The van der Waals surface area contributed by atoms with E-state index in [2.05, 4.69) is 23.1 Å². The highest BCUT2D eigenvalue weighted by molar-refractivity contribution is 5.53. The van der Waals surface area contributed by atoms with Crippen LogP contribution in [-0.2, 0) is 13.0 Å². The van der Waals surface area contributed by atoms with Crippen LogP contribution in [0.15, 0.2) is 30.5 Å². The largest absolute Gasteiger partial charge is 0.329 e. The van der Waals surface area contributed by atoms with Gasteiger partial charge >= 0.3 is 0 Å². The molecule has 16 heavy (non-hydrogen) atoms. The summed E-state index contributed by atoms with van der Waals surface area (Å²) in [5.41, 5.74) is 8.59. The lowest BCUT2D eigenvalue weighted by molar-refractivity contribution is 0.598. The summed E-state index contributed by atoms with van der Waals surface area (Å²) < 4.78 is 1.96. The Labute approximate surface area is 95.1 Å². The van der Waals surface area contributed by atoms with Gasteiger partial charge in [0.2, 0.25) is 0 Å². The Hall–Kier alpha value is -1.68. The number of aryl methyl sites for hydroxylation is 1. The van der Waals surface area contributed by atoms with Gasteiger partial charge < -0.3 is 5.73 Å². The zero-order valence-corrected chi connectivity index (χ0v) is 9.43. The van der Waals surface area contributed by atoms with Crippen molar-refractivity contribution in [1.29, 1.82) is 0 Å². The van der Waals surface area contributed by atoms with Crippen molar-refractivity contribution in [3.05, 3.63) is 36.2 Å². The third-order valence-corrected chi connectivity index (χ3v) is 2.49. The zero-order valence-electron chi connectivity index (χ0n) is 9.43. The third-order valence-electron chi connectivity index (χ3n) is 2.49. The van der Waals surface area contributed by atoms with Gasteiger partial charge in [0.15, 0.2) is 0 Å². The van der Waals surface area contributed by atoms with Crippen LogP contribution in [0.25, 0.3) is 11.4 Å². The molecule has 2 heterocycles. The van der Waals surface area contributed by atoms with Gasteiger partial charge in [-0.3, -0.25) is 9.67 Å². The first-order chi connectivity index (χ1) is 7.85. The summed E-state index contributed by atoms with van der Waals surface area (Å²) in [6, 6.07) is 7.92. The zero-order chi connectivity index (χ0) is 11.4. The molecule has 0 atom stereocenters. The van der Waals surface area contributed by atoms with Gasteiger partial charge in [-0.2, -0.15) is 5.10 Å². The average Bonchev–Trinajstić information content (AvgIpc) is 2.74. The molecule has 2 N–H and O–H groups in total. The Morgan fingerprint density at radius 1 is 1.31 bits per heavy atom. The topological polar surface area (TPSA) is 56.7 Å². The van der Waals surface area contributed by atoms with E-state index in [1.807, 2.05) is 22.9 Å². The van der Waals surface area contributed by atoms with E-state index < -0.39 is 0 Å². The standard InChI is InChI=1S/C12H16N4/c1-2-10-9-12(15-16(10)8-6-13)11-5-3-4-7-14-11/h3-5,7,9H,2,6,8,13H2,1H3. The molecule has 2 rings (SSSR count). The number of pyridine rings is 1. The van der Waals surface area contributed by atoms with E-state index >= 15 is 0 Å². The average molecular weight is 216 g/mol. The fourth-order valence-electron chi connectivity index (χ4n) is 1.70. The van der Waals surface area contributed by atoms with E-state index in [0.29, 0.717) is 6.54 Å². The molecule has 0 aliphatic rings. The lowest BCUT2D eigenvalue weighted by atomic mass is 10.2. The Balaban J connectivity index is 2.36. The van der Waals surface area contributed by atoms with Crippen LogP contribution >= 0.6 is 0 Å². The van der Waals surface area contributed by atoms with E-state index in [9.17, 15) is 0 Å². The van der Waals surface area contributed by atoms with Crippen LogP contribution in [0, 0.1) is 0 Å². The Morgan fingerprint density at radius 3 is 2.81 bits per heavy atom. The monoisotopic (exact) mass is 216 g/mol. The first-order valence-corrected chi connectivity index (χ1v) is 5.53. The van der Waals surface area contributed by atoms with Crippen LogP contribution in [0.4, 0.5) is 0 Å². The number of nitrogens with zero attached hydrogens (tertiary/aromatic N) is 3. The fourth-order valence-corrected chi connectivity index (χ4v) is 1.70. The summed E-state index contributed by atoms with van der Waals surface area (Å²) in [6.45, 7) is 3.48. The lowest BCUT2D eigenvalue weighted by Crippen LogP contribution is -2.13. The summed E-state index contributed by atoms with van der Waals surface area (Å²) in [7, 11) is 0. The van der Waals surface area contributed by atoms with Crippen molar-refractivity contribution in [1.82, 2.24) is 14.8 Å². The molecule has 0 fully saturated rings. The maximum absolute atomic E-state index is 5.56. The van der Waals surface area contributed by atoms with E-state index in [1.165, 1.54) is 5.69 Å². The highest BCUT2D eigenvalue weighted by Crippen LogP contribution is 2.16. The molecule has 2 aromatic heterocycles. The van der Waals surface area contributed by atoms with Crippen LogP contribution in [0.2, 0.25) is 0 Å². The lowest BCUT2D eigenvalue weighted by Gasteiger charge is -2.01. The molecule has 0 bridgehead atoms. The smallest absolute Gasteiger partial charge is 0.111 e. The van der Waals surface area contributed by atoms with Gasteiger partial charge in [-0.25, -0.2) is 0 Å². The van der Waals surface area contributed by atoms with E-state index in [1.54, 1.807) is 6.20 Å². The van der Waals surface area contributed by atoms with Crippen LogP contribution in [0.1, 0.15) is 12.6 Å². The highest BCUT2D eigenvalue weighted by Gasteiger charge is 2.07. The second-order valence-electron chi connectivity index (χ2n) is 3.60. The van der Waals surface area contributed by atoms with Gasteiger partial charge in [-0.1, -0.05) is 13.0 Å². The molecule has 4 nitrogen and oxygen atoms in total. The molecule has 0 aliphatic carbocycles. The minimum atomic E-state index is 0.607. The predicted octanol–water partition coefficient (Wildman–Crippen LogP) is 1.47. The Morgan fingerprint density at radius 2 is 2.19 bits per heavy atom. The maximum Gasteiger partial charge on any atom is 0.111 e. The van der Waals surface area contributed by atoms with Crippen LogP contribution in [0.5, 0.6) is 0 Å².